The zero-order chi connectivity index (χ0) is 20.7. The first kappa shape index (κ1) is 18.3. The number of aromatic nitrogens is 1. The Morgan fingerprint density at radius 3 is 2.73 bits per heavy atom. The third-order valence-electron chi connectivity index (χ3n) is 5.93. The highest BCUT2D eigenvalue weighted by molar-refractivity contribution is 6.21. The minimum atomic E-state index is -0.521. The van der Waals surface area contributed by atoms with Gasteiger partial charge < -0.3 is 10.6 Å². The fourth-order valence-electron chi connectivity index (χ4n) is 4.50. The summed E-state index contributed by atoms with van der Waals surface area (Å²) in [6.45, 7) is 0.559. The van der Waals surface area contributed by atoms with Crippen LogP contribution in [0.25, 0.3) is 10.8 Å². The fourth-order valence-corrected chi connectivity index (χ4v) is 4.50. The van der Waals surface area contributed by atoms with Crippen LogP contribution in [0.2, 0.25) is 0 Å². The summed E-state index contributed by atoms with van der Waals surface area (Å²) in [7, 11) is 0. The number of amides is 3. The van der Waals surface area contributed by atoms with E-state index in [9.17, 15) is 14.9 Å². The van der Waals surface area contributed by atoms with E-state index in [-0.39, 0.29) is 17.9 Å². The normalized spacial score (nSPS) is 23.6. The van der Waals surface area contributed by atoms with Crippen molar-refractivity contribution < 1.29 is 9.59 Å². The molecule has 3 unspecified atom stereocenters. The van der Waals surface area contributed by atoms with Gasteiger partial charge in [-0.2, -0.15) is 5.26 Å². The average molecular weight is 397 g/mol. The fraction of sp³-hybridized carbons (Fsp3) is 0.217. The minimum Gasteiger partial charge on any atom is -0.332 e. The van der Waals surface area contributed by atoms with Gasteiger partial charge in [0.25, 0.3) is 5.91 Å². The number of nitrogens with zero attached hydrogens (tertiary/aromatic N) is 3. The molecule has 2 aromatic carbocycles. The second-order valence-electron chi connectivity index (χ2n) is 7.63. The molecule has 0 bridgehead atoms. The Balaban J connectivity index is 1.44. The molecule has 0 spiro atoms. The number of rotatable bonds is 2. The number of benzene rings is 2. The number of hydrogen-bond donors (Lipinski definition) is 2. The number of urea groups is 1. The van der Waals surface area contributed by atoms with Gasteiger partial charge in [-0.1, -0.05) is 42.5 Å². The van der Waals surface area contributed by atoms with Crippen LogP contribution in [0, 0.1) is 11.3 Å². The quantitative estimate of drug-likeness (QED) is 0.693. The maximum Gasteiger partial charge on any atom is 0.329 e. The van der Waals surface area contributed by atoms with Gasteiger partial charge >= 0.3 is 6.03 Å². The van der Waals surface area contributed by atoms with Gasteiger partial charge in [0.1, 0.15) is 6.04 Å². The van der Waals surface area contributed by atoms with Crippen LogP contribution in [0.1, 0.15) is 23.5 Å². The van der Waals surface area contributed by atoms with Crippen molar-refractivity contribution in [1.29, 1.82) is 5.26 Å². The molecular weight excluding hydrogens is 378 g/mol. The molecule has 0 saturated carbocycles. The van der Waals surface area contributed by atoms with Crippen molar-refractivity contribution in [2.45, 2.75) is 24.4 Å². The number of hydrogen-bond acceptors (Lipinski definition) is 5. The lowest BCUT2D eigenvalue weighted by molar-refractivity contribution is -0.121. The summed E-state index contributed by atoms with van der Waals surface area (Å²) in [4.78, 5) is 31.7. The summed E-state index contributed by atoms with van der Waals surface area (Å²) in [5.41, 5.74) is 2.04. The van der Waals surface area contributed by atoms with Crippen LogP contribution in [0.5, 0.6) is 0 Å². The number of carbonyl (C=O) groups excluding carboxylic acids is 2. The number of carbonyl (C=O) groups is 2. The first-order chi connectivity index (χ1) is 14.7. The highest BCUT2D eigenvalue weighted by atomic mass is 16.2. The zero-order valence-corrected chi connectivity index (χ0v) is 16.1. The molecule has 0 aliphatic carbocycles. The molecule has 7 nitrogen and oxygen atoms in total. The molecule has 2 fully saturated rings. The molecule has 2 N–H and O–H groups in total. The molecule has 148 valence electrons. The number of nitrogens with one attached hydrogen (secondary N) is 2. The highest BCUT2D eigenvalue weighted by Crippen LogP contribution is 2.33. The minimum absolute atomic E-state index is 0.0426. The van der Waals surface area contributed by atoms with E-state index in [4.69, 9.17) is 0 Å². The van der Waals surface area contributed by atoms with Crippen LogP contribution in [-0.2, 0) is 4.79 Å². The monoisotopic (exact) mass is 397 g/mol. The van der Waals surface area contributed by atoms with E-state index in [0.29, 0.717) is 24.2 Å². The molecule has 3 heterocycles. The van der Waals surface area contributed by atoms with Crippen molar-refractivity contribution in [2.75, 3.05) is 11.4 Å². The molecule has 5 rings (SSSR count). The van der Waals surface area contributed by atoms with E-state index in [2.05, 4.69) is 21.7 Å². The number of imide groups is 1. The van der Waals surface area contributed by atoms with E-state index >= 15 is 0 Å². The Morgan fingerprint density at radius 2 is 1.87 bits per heavy atom. The van der Waals surface area contributed by atoms with Gasteiger partial charge in [0.2, 0.25) is 0 Å². The van der Waals surface area contributed by atoms with Crippen molar-refractivity contribution in [3.63, 3.8) is 0 Å². The number of fused-ring (bicyclic) bond motifs is 2. The lowest BCUT2D eigenvalue weighted by Crippen LogP contribution is -2.69. The number of anilines is 1. The number of pyridine rings is 1. The molecule has 3 atom stereocenters. The summed E-state index contributed by atoms with van der Waals surface area (Å²) in [5, 5.41) is 17.4. The van der Waals surface area contributed by atoms with Gasteiger partial charge in [-0.15, -0.1) is 0 Å². The summed E-state index contributed by atoms with van der Waals surface area (Å²) < 4.78 is 0. The Hall–Kier alpha value is -3.76. The molecule has 3 amide bonds. The first-order valence-corrected chi connectivity index (χ1v) is 9.87. The summed E-state index contributed by atoms with van der Waals surface area (Å²) in [5.74, 6) is -0.241. The van der Waals surface area contributed by atoms with Gasteiger partial charge in [-0.25, -0.2) is 9.69 Å². The van der Waals surface area contributed by atoms with Gasteiger partial charge in [0.15, 0.2) is 0 Å². The molecule has 0 radical (unpaired) electrons. The van der Waals surface area contributed by atoms with Crippen LogP contribution in [0.3, 0.4) is 0 Å². The van der Waals surface area contributed by atoms with Crippen LogP contribution in [0.15, 0.2) is 60.9 Å². The summed E-state index contributed by atoms with van der Waals surface area (Å²) in [6.07, 6.45) is 3.86. The zero-order valence-electron chi connectivity index (χ0n) is 16.1. The number of piperidine rings is 1. The Labute approximate surface area is 173 Å². The van der Waals surface area contributed by atoms with Crippen molar-refractivity contribution >= 4 is 28.4 Å². The van der Waals surface area contributed by atoms with Gasteiger partial charge in [0, 0.05) is 23.5 Å². The third-order valence-corrected chi connectivity index (χ3v) is 5.93. The Bertz CT molecular complexity index is 1200. The predicted molar refractivity (Wildman–Crippen MR) is 112 cm³/mol. The van der Waals surface area contributed by atoms with Gasteiger partial charge in [0.05, 0.1) is 29.6 Å². The SMILES string of the molecule is N#Cc1ccccc1C1CNC2C(=O)N(c3cncc4ccccc34)C(=O)NC2C1. The van der Waals surface area contributed by atoms with E-state index in [1.165, 1.54) is 4.90 Å². The maximum absolute atomic E-state index is 13.3. The molecule has 3 aromatic rings. The number of nitriles is 1. The maximum atomic E-state index is 13.3. The standard InChI is InChI=1S/C23H19N5O2/c24-10-14-5-1-3-7-17(14)16-9-19-21(26-12-16)22(29)28(23(30)27-19)20-13-25-11-15-6-2-4-8-18(15)20/h1-8,11,13,16,19,21,26H,9,12H2,(H,27,30). The van der Waals surface area contributed by atoms with Crippen molar-refractivity contribution in [2.24, 2.45) is 0 Å². The smallest absolute Gasteiger partial charge is 0.329 e. The van der Waals surface area contributed by atoms with Crippen molar-refractivity contribution in [3.05, 3.63) is 72.1 Å². The van der Waals surface area contributed by atoms with Gasteiger partial charge in [-0.3, -0.25) is 9.78 Å². The molecule has 2 aliphatic heterocycles. The largest absolute Gasteiger partial charge is 0.332 e. The third kappa shape index (κ3) is 2.90. The molecule has 2 aliphatic rings. The Morgan fingerprint density at radius 1 is 1.07 bits per heavy atom. The summed E-state index contributed by atoms with van der Waals surface area (Å²) in [6, 6.07) is 15.9. The average Bonchev–Trinajstić information content (AvgIpc) is 2.79. The predicted octanol–water partition coefficient (Wildman–Crippen LogP) is 2.68. The second-order valence-corrected chi connectivity index (χ2v) is 7.63. The first-order valence-electron chi connectivity index (χ1n) is 9.87. The van der Waals surface area contributed by atoms with E-state index in [1.54, 1.807) is 18.5 Å². The molecule has 7 heteroatoms. The van der Waals surface area contributed by atoms with Crippen LogP contribution >= 0.6 is 0 Å². The van der Waals surface area contributed by atoms with Crippen LogP contribution < -0.4 is 15.5 Å². The lowest BCUT2D eigenvalue weighted by Gasteiger charge is -2.43. The van der Waals surface area contributed by atoms with Crippen molar-refractivity contribution in [3.8, 4) is 6.07 Å². The van der Waals surface area contributed by atoms with E-state index < -0.39 is 12.1 Å². The van der Waals surface area contributed by atoms with E-state index in [0.717, 1.165) is 16.3 Å². The summed E-state index contributed by atoms with van der Waals surface area (Å²) >= 11 is 0. The van der Waals surface area contributed by atoms with Crippen LogP contribution in [0.4, 0.5) is 10.5 Å². The molecule has 1 aromatic heterocycles. The molecule has 2 saturated heterocycles. The van der Waals surface area contributed by atoms with Crippen LogP contribution in [-0.4, -0.2) is 35.6 Å². The van der Waals surface area contributed by atoms with Gasteiger partial charge in [-0.05, 0) is 24.0 Å². The highest BCUT2D eigenvalue weighted by Gasteiger charge is 2.45. The van der Waals surface area contributed by atoms with Crippen molar-refractivity contribution in [1.82, 2.24) is 15.6 Å². The molecule has 30 heavy (non-hydrogen) atoms. The topological polar surface area (TPSA) is 98.1 Å². The second kappa shape index (κ2) is 7.25. The molecular formula is C23H19N5O2. The Kier molecular flexibility index (Phi) is 4.42. The lowest BCUT2D eigenvalue weighted by atomic mass is 9.82. The van der Waals surface area contributed by atoms with E-state index in [1.807, 2.05) is 42.5 Å².